The molecule has 1 aromatic heterocycles. The highest BCUT2D eigenvalue weighted by molar-refractivity contribution is 9.10. The summed E-state index contributed by atoms with van der Waals surface area (Å²) >= 11 is 9.81. The molecule has 0 unspecified atom stereocenters. The molecule has 0 aliphatic carbocycles. The van der Waals surface area contributed by atoms with Crippen molar-refractivity contribution in [2.45, 2.75) is 33.2 Å². The van der Waals surface area contributed by atoms with E-state index in [4.69, 9.17) is 16.0 Å². The van der Waals surface area contributed by atoms with Gasteiger partial charge in [-0.1, -0.05) is 47.8 Å². The number of hydrogen-bond acceptors (Lipinski definition) is 2. The zero-order valence-corrected chi connectivity index (χ0v) is 13.0. The SMILES string of the molecule is CCCc1c(CNCC)oc2c(Cl)ccc(Br)c12. The molecule has 0 fully saturated rings. The number of furan rings is 1. The maximum absolute atomic E-state index is 6.21. The van der Waals surface area contributed by atoms with Crippen molar-refractivity contribution < 1.29 is 4.42 Å². The van der Waals surface area contributed by atoms with Gasteiger partial charge in [-0.05, 0) is 25.1 Å². The van der Waals surface area contributed by atoms with Crippen molar-refractivity contribution in [1.29, 1.82) is 0 Å². The van der Waals surface area contributed by atoms with E-state index in [1.54, 1.807) is 0 Å². The predicted octanol–water partition coefficient (Wildman–Crippen LogP) is 4.91. The first-order valence-electron chi connectivity index (χ1n) is 6.28. The van der Waals surface area contributed by atoms with Crippen LogP contribution in [0.25, 0.3) is 11.0 Å². The Bertz CT molecular complexity index is 550. The maximum Gasteiger partial charge on any atom is 0.154 e. The summed E-state index contributed by atoms with van der Waals surface area (Å²) in [5.41, 5.74) is 2.06. The predicted molar refractivity (Wildman–Crippen MR) is 80.3 cm³/mol. The molecule has 0 amide bonds. The van der Waals surface area contributed by atoms with Crippen LogP contribution in [-0.4, -0.2) is 6.54 Å². The van der Waals surface area contributed by atoms with Crippen LogP contribution in [0.2, 0.25) is 5.02 Å². The van der Waals surface area contributed by atoms with Crippen molar-refractivity contribution >= 4 is 38.5 Å². The fourth-order valence-electron chi connectivity index (χ4n) is 2.13. The minimum absolute atomic E-state index is 0.674. The summed E-state index contributed by atoms with van der Waals surface area (Å²) in [5.74, 6) is 1.00. The quantitative estimate of drug-likeness (QED) is 0.842. The average Bonchev–Trinajstić information content (AvgIpc) is 2.72. The third-order valence-corrected chi connectivity index (χ3v) is 3.92. The number of nitrogens with one attached hydrogen (secondary N) is 1. The lowest BCUT2D eigenvalue weighted by molar-refractivity contribution is 0.513. The molecule has 18 heavy (non-hydrogen) atoms. The van der Waals surface area contributed by atoms with E-state index in [-0.39, 0.29) is 0 Å². The van der Waals surface area contributed by atoms with Crippen molar-refractivity contribution in [3.05, 3.63) is 33.0 Å². The number of benzene rings is 1. The molecule has 0 bridgehead atoms. The highest BCUT2D eigenvalue weighted by Crippen LogP contribution is 2.37. The summed E-state index contributed by atoms with van der Waals surface area (Å²) in [6.45, 7) is 5.94. The molecule has 0 aliphatic heterocycles. The van der Waals surface area contributed by atoms with Crippen LogP contribution in [0.15, 0.2) is 21.0 Å². The summed E-state index contributed by atoms with van der Waals surface area (Å²) in [7, 11) is 0. The van der Waals surface area contributed by atoms with Gasteiger partial charge in [-0.2, -0.15) is 0 Å². The van der Waals surface area contributed by atoms with Crippen LogP contribution in [0.3, 0.4) is 0 Å². The van der Waals surface area contributed by atoms with E-state index in [2.05, 4.69) is 35.1 Å². The van der Waals surface area contributed by atoms with Gasteiger partial charge in [0.2, 0.25) is 0 Å². The smallest absolute Gasteiger partial charge is 0.154 e. The zero-order valence-electron chi connectivity index (χ0n) is 10.6. The Morgan fingerprint density at radius 2 is 2.11 bits per heavy atom. The normalized spacial score (nSPS) is 11.3. The topological polar surface area (TPSA) is 25.2 Å². The number of hydrogen-bond donors (Lipinski definition) is 1. The third kappa shape index (κ3) is 2.58. The third-order valence-electron chi connectivity index (χ3n) is 2.96. The van der Waals surface area contributed by atoms with Crippen LogP contribution in [0.1, 0.15) is 31.6 Å². The van der Waals surface area contributed by atoms with Gasteiger partial charge in [-0.15, -0.1) is 0 Å². The number of aryl methyl sites for hydroxylation is 1. The van der Waals surface area contributed by atoms with Gasteiger partial charge in [-0.25, -0.2) is 0 Å². The number of rotatable bonds is 5. The summed E-state index contributed by atoms with van der Waals surface area (Å²) in [5, 5.41) is 5.11. The Balaban J connectivity index is 2.59. The number of halogens is 2. The molecular formula is C14H17BrClNO. The van der Waals surface area contributed by atoms with Crippen LogP contribution < -0.4 is 5.32 Å². The number of fused-ring (bicyclic) bond motifs is 1. The van der Waals surface area contributed by atoms with Gasteiger partial charge in [0.1, 0.15) is 5.76 Å². The second kappa shape index (κ2) is 6.09. The zero-order chi connectivity index (χ0) is 13.1. The molecule has 98 valence electrons. The highest BCUT2D eigenvalue weighted by atomic mass is 79.9. The van der Waals surface area contributed by atoms with E-state index in [9.17, 15) is 0 Å². The summed E-state index contributed by atoms with van der Waals surface area (Å²) in [4.78, 5) is 0. The van der Waals surface area contributed by atoms with Crippen molar-refractivity contribution in [2.75, 3.05) is 6.54 Å². The molecule has 0 saturated heterocycles. The van der Waals surface area contributed by atoms with Crippen LogP contribution in [0, 0.1) is 0 Å². The molecule has 0 atom stereocenters. The molecule has 1 N–H and O–H groups in total. The lowest BCUT2D eigenvalue weighted by Gasteiger charge is -2.02. The van der Waals surface area contributed by atoms with Crippen molar-refractivity contribution in [2.24, 2.45) is 0 Å². The molecule has 0 spiro atoms. The Morgan fingerprint density at radius 3 is 2.78 bits per heavy atom. The van der Waals surface area contributed by atoms with Crippen molar-refractivity contribution in [3.8, 4) is 0 Å². The minimum atomic E-state index is 0.674. The van der Waals surface area contributed by atoms with E-state index < -0.39 is 0 Å². The second-order valence-electron chi connectivity index (χ2n) is 4.27. The fraction of sp³-hybridized carbons (Fsp3) is 0.429. The molecule has 0 aliphatic rings. The molecule has 1 heterocycles. The molecule has 1 aromatic carbocycles. The molecule has 2 nitrogen and oxygen atoms in total. The highest BCUT2D eigenvalue weighted by Gasteiger charge is 2.17. The van der Waals surface area contributed by atoms with Gasteiger partial charge >= 0.3 is 0 Å². The van der Waals surface area contributed by atoms with E-state index in [1.807, 2.05) is 12.1 Å². The van der Waals surface area contributed by atoms with Gasteiger partial charge in [0.25, 0.3) is 0 Å². The Kier molecular flexibility index (Phi) is 4.71. The first-order valence-corrected chi connectivity index (χ1v) is 7.45. The molecule has 0 saturated carbocycles. The summed E-state index contributed by atoms with van der Waals surface area (Å²) in [6, 6.07) is 3.85. The summed E-state index contributed by atoms with van der Waals surface area (Å²) < 4.78 is 6.99. The van der Waals surface area contributed by atoms with Gasteiger partial charge in [-0.3, -0.25) is 0 Å². The first kappa shape index (κ1) is 13.9. The lowest BCUT2D eigenvalue weighted by Crippen LogP contribution is -2.12. The molecular weight excluding hydrogens is 314 g/mol. The van der Waals surface area contributed by atoms with Crippen LogP contribution in [-0.2, 0) is 13.0 Å². The fourth-order valence-corrected chi connectivity index (χ4v) is 2.88. The van der Waals surface area contributed by atoms with E-state index in [0.29, 0.717) is 5.02 Å². The summed E-state index contributed by atoms with van der Waals surface area (Å²) in [6.07, 6.45) is 2.10. The largest absolute Gasteiger partial charge is 0.458 e. The van der Waals surface area contributed by atoms with Crippen molar-refractivity contribution in [3.63, 3.8) is 0 Å². The van der Waals surface area contributed by atoms with Gasteiger partial charge < -0.3 is 9.73 Å². The van der Waals surface area contributed by atoms with Crippen LogP contribution in [0.4, 0.5) is 0 Å². The molecule has 4 heteroatoms. The monoisotopic (exact) mass is 329 g/mol. The van der Waals surface area contributed by atoms with E-state index >= 15 is 0 Å². The Labute approximate surface area is 121 Å². The molecule has 2 aromatic rings. The average molecular weight is 331 g/mol. The maximum atomic E-state index is 6.21. The minimum Gasteiger partial charge on any atom is -0.458 e. The lowest BCUT2D eigenvalue weighted by atomic mass is 10.1. The van der Waals surface area contributed by atoms with Crippen LogP contribution in [0.5, 0.6) is 0 Å². The Morgan fingerprint density at radius 1 is 1.33 bits per heavy atom. The Hall–Kier alpha value is -0.510. The van der Waals surface area contributed by atoms with E-state index in [1.165, 1.54) is 5.56 Å². The van der Waals surface area contributed by atoms with Gasteiger partial charge in [0.05, 0.1) is 11.6 Å². The molecule has 0 radical (unpaired) electrons. The van der Waals surface area contributed by atoms with Crippen molar-refractivity contribution in [1.82, 2.24) is 5.32 Å². The molecule has 2 rings (SSSR count). The first-order chi connectivity index (χ1) is 8.69. The standard InChI is InChI=1S/C14H17BrClNO/c1-3-5-9-12(8-17-4-2)18-14-11(16)7-6-10(15)13(9)14/h6-7,17H,3-5,8H2,1-2H3. The van der Waals surface area contributed by atoms with E-state index in [0.717, 1.165) is 47.1 Å². The van der Waals surface area contributed by atoms with Gasteiger partial charge in [0.15, 0.2) is 5.58 Å². The van der Waals surface area contributed by atoms with Crippen LogP contribution >= 0.6 is 27.5 Å². The van der Waals surface area contributed by atoms with Gasteiger partial charge in [0, 0.05) is 15.4 Å². The second-order valence-corrected chi connectivity index (χ2v) is 5.53.